The van der Waals surface area contributed by atoms with E-state index in [0.29, 0.717) is 0 Å². The third-order valence-electron chi connectivity index (χ3n) is 4.70. The maximum atomic E-state index is 11.4. The molecular formula is C14H25NO8. The molecule has 0 aliphatic carbocycles. The number of carboxylic acids is 1. The fourth-order valence-corrected chi connectivity index (χ4v) is 2.87. The second-order valence-electron chi connectivity index (χ2n) is 6.32. The van der Waals surface area contributed by atoms with E-state index >= 15 is 0 Å². The number of ether oxygens (including phenoxy) is 3. The highest BCUT2D eigenvalue weighted by atomic mass is 16.7. The molecule has 2 aliphatic rings. The van der Waals surface area contributed by atoms with Gasteiger partial charge in [0.15, 0.2) is 12.4 Å². The van der Waals surface area contributed by atoms with Gasteiger partial charge in [0, 0.05) is 5.92 Å². The van der Waals surface area contributed by atoms with Crippen molar-refractivity contribution in [3.05, 3.63) is 0 Å². The van der Waals surface area contributed by atoms with Crippen LogP contribution in [-0.4, -0.2) is 81.5 Å². The van der Waals surface area contributed by atoms with E-state index in [2.05, 4.69) is 0 Å². The van der Waals surface area contributed by atoms with E-state index in [1.165, 1.54) is 6.92 Å². The lowest BCUT2D eigenvalue weighted by molar-refractivity contribution is -0.305. The molecule has 2 aliphatic heterocycles. The number of carbonyl (C=O) groups is 1. The van der Waals surface area contributed by atoms with Gasteiger partial charge in [-0.15, -0.1) is 0 Å². The van der Waals surface area contributed by atoms with Gasteiger partial charge in [-0.3, -0.25) is 0 Å². The van der Waals surface area contributed by atoms with Gasteiger partial charge in [-0.05, 0) is 13.8 Å². The molecule has 0 amide bonds. The molecule has 2 unspecified atom stereocenters. The lowest BCUT2D eigenvalue weighted by Gasteiger charge is -2.45. The highest BCUT2D eigenvalue weighted by Crippen LogP contribution is 2.31. The first-order chi connectivity index (χ1) is 10.6. The smallest absolute Gasteiger partial charge is 0.335 e. The minimum atomic E-state index is -1.38. The van der Waals surface area contributed by atoms with Crippen molar-refractivity contribution in [3.8, 4) is 0 Å². The molecule has 0 saturated carbocycles. The molecule has 2 heterocycles. The molecule has 2 rings (SSSR count). The van der Waals surface area contributed by atoms with Crippen LogP contribution >= 0.6 is 0 Å². The van der Waals surface area contributed by atoms with Crippen molar-refractivity contribution < 1.29 is 39.4 Å². The fourth-order valence-electron chi connectivity index (χ4n) is 2.87. The van der Waals surface area contributed by atoms with Crippen LogP contribution in [-0.2, 0) is 19.0 Å². The first-order valence-electron chi connectivity index (χ1n) is 7.64. The summed E-state index contributed by atoms with van der Waals surface area (Å²) in [6.07, 6.45) is -8.54. The third kappa shape index (κ3) is 3.50. The van der Waals surface area contributed by atoms with Crippen LogP contribution in [0.3, 0.4) is 0 Å². The first kappa shape index (κ1) is 18.5. The Labute approximate surface area is 133 Å². The Hall–Kier alpha value is -0.810. The Kier molecular flexibility index (Phi) is 5.62. The molecule has 0 aromatic carbocycles. The van der Waals surface area contributed by atoms with E-state index < -0.39 is 61.0 Å². The van der Waals surface area contributed by atoms with Crippen LogP contribution in [0.25, 0.3) is 0 Å². The Balaban J connectivity index is 2.16. The molecule has 0 spiro atoms. The number of nitrogens with two attached hydrogens (primary N) is 1. The number of aliphatic hydroxyl groups is 3. The van der Waals surface area contributed by atoms with Crippen LogP contribution in [0.15, 0.2) is 0 Å². The molecule has 23 heavy (non-hydrogen) atoms. The standard InChI is InChI=1S/C14H25NO8/c1-4-5(2)21-12(13(19)20)11(8(4)16)23-14-7(15)10(18)9(17)6(3)22-14/h4-12,14,16-18H,15H2,1-3H3,(H,19,20)/t4?,5-,6-,7?,8+,9+,10+,11-,12+,14+/m0/s1. The predicted molar refractivity (Wildman–Crippen MR) is 76.3 cm³/mol. The summed E-state index contributed by atoms with van der Waals surface area (Å²) in [6.45, 7) is 4.92. The predicted octanol–water partition coefficient (Wildman–Crippen LogP) is -1.97. The van der Waals surface area contributed by atoms with Gasteiger partial charge >= 0.3 is 5.97 Å². The van der Waals surface area contributed by atoms with E-state index in [4.69, 9.17) is 19.9 Å². The second kappa shape index (κ2) is 6.98. The molecule has 9 nitrogen and oxygen atoms in total. The van der Waals surface area contributed by atoms with Crippen molar-refractivity contribution in [2.24, 2.45) is 11.7 Å². The van der Waals surface area contributed by atoms with Crippen molar-refractivity contribution in [2.45, 2.75) is 75.8 Å². The average Bonchev–Trinajstić information content (AvgIpc) is 2.50. The van der Waals surface area contributed by atoms with Crippen molar-refractivity contribution in [3.63, 3.8) is 0 Å². The molecule has 10 atom stereocenters. The maximum absolute atomic E-state index is 11.4. The van der Waals surface area contributed by atoms with E-state index in [9.17, 15) is 25.2 Å². The summed E-state index contributed by atoms with van der Waals surface area (Å²) in [5, 5.41) is 39.3. The number of aliphatic carboxylic acids is 1. The number of hydrogen-bond donors (Lipinski definition) is 5. The van der Waals surface area contributed by atoms with Crippen molar-refractivity contribution in [1.82, 2.24) is 0 Å². The molecule has 0 aromatic heterocycles. The summed E-state index contributed by atoms with van der Waals surface area (Å²) in [5.41, 5.74) is 5.79. The average molecular weight is 335 g/mol. The normalized spacial score (nSPS) is 51.4. The van der Waals surface area contributed by atoms with Gasteiger partial charge in [0.1, 0.15) is 18.3 Å². The number of carboxylic acid groups (broad SMARTS) is 1. The Morgan fingerprint density at radius 3 is 2.17 bits per heavy atom. The Morgan fingerprint density at radius 1 is 1.00 bits per heavy atom. The molecular weight excluding hydrogens is 310 g/mol. The molecule has 134 valence electrons. The van der Waals surface area contributed by atoms with Gasteiger partial charge in [0.25, 0.3) is 0 Å². The van der Waals surface area contributed by atoms with Crippen LogP contribution < -0.4 is 5.73 Å². The first-order valence-corrected chi connectivity index (χ1v) is 7.64. The van der Waals surface area contributed by atoms with Gasteiger partial charge in [0.05, 0.1) is 24.4 Å². The lowest BCUT2D eigenvalue weighted by Crippen LogP contribution is -2.64. The second-order valence-corrected chi connectivity index (χ2v) is 6.32. The van der Waals surface area contributed by atoms with Crippen molar-refractivity contribution >= 4 is 5.97 Å². The van der Waals surface area contributed by atoms with Crippen LogP contribution in [0.1, 0.15) is 20.8 Å². The summed E-state index contributed by atoms with van der Waals surface area (Å²) in [6, 6.07) is -1.09. The monoisotopic (exact) mass is 335 g/mol. The zero-order chi connectivity index (χ0) is 17.5. The summed E-state index contributed by atoms with van der Waals surface area (Å²) in [5.74, 6) is -1.63. The number of aliphatic hydroxyl groups excluding tert-OH is 3. The minimum Gasteiger partial charge on any atom is -0.479 e. The summed E-state index contributed by atoms with van der Waals surface area (Å²) in [4.78, 5) is 11.4. The number of rotatable bonds is 3. The van der Waals surface area contributed by atoms with Crippen LogP contribution in [0, 0.1) is 5.92 Å². The highest BCUT2D eigenvalue weighted by Gasteiger charge is 2.49. The van der Waals surface area contributed by atoms with E-state index in [1.807, 2.05) is 0 Å². The lowest BCUT2D eigenvalue weighted by atomic mass is 9.88. The van der Waals surface area contributed by atoms with Crippen LogP contribution in [0.2, 0.25) is 0 Å². The van der Waals surface area contributed by atoms with Gasteiger partial charge in [0.2, 0.25) is 0 Å². The molecule has 9 heteroatoms. The van der Waals surface area contributed by atoms with Crippen molar-refractivity contribution in [1.29, 1.82) is 0 Å². The topological polar surface area (TPSA) is 152 Å². The molecule has 0 bridgehead atoms. The zero-order valence-corrected chi connectivity index (χ0v) is 13.3. The molecule has 2 saturated heterocycles. The molecule has 6 N–H and O–H groups in total. The maximum Gasteiger partial charge on any atom is 0.335 e. The quantitative estimate of drug-likeness (QED) is 0.395. The summed E-state index contributed by atoms with van der Waals surface area (Å²) in [7, 11) is 0. The van der Waals surface area contributed by atoms with Gasteiger partial charge < -0.3 is 40.4 Å². The van der Waals surface area contributed by atoms with Gasteiger partial charge in [-0.1, -0.05) is 6.92 Å². The fraction of sp³-hybridized carbons (Fsp3) is 0.929. The van der Waals surface area contributed by atoms with Gasteiger partial charge in [-0.25, -0.2) is 4.79 Å². The Morgan fingerprint density at radius 2 is 1.61 bits per heavy atom. The number of hydrogen-bond acceptors (Lipinski definition) is 8. The van der Waals surface area contributed by atoms with E-state index in [1.54, 1.807) is 13.8 Å². The Bertz CT molecular complexity index is 435. The SMILES string of the molecule is CC1[C@H](C)O[C@@H](C(=O)O)[C@@H](O[C@H]2O[C@@H](C)[C@@H](O)[C@H](O)C2N)[C@@H]1O. The third-order valence-corrected chi connectivity index (χ3v) is 4.70. The van der Waals surface area contributed by atoms with Crippen LogP contribution in [0.5, 0.6) is 0 Å². The van der Waals surface area contributed by atoms with Gasteiger partial charge in [-0.2, -0.15) is 0 Å². The minimum absolute atomic E-state index is 0.358. The summed E-state index contributed by atoms with van der Waals surface area (Å²) >= 11 is 0. The molecule has 0 aromatic rings. The largest absolute Gasteiger partial charge is 0.479 e. The summed E-state index contributed by atoms with van der Waals surface area (Å²) < 4.78 is 16.4. The molecule has 2 fully saturated rings. The van der Waals surface area contributed by atoms with Crippen molar-refractivity contribution in [2.75, 3.05) is 0 Å². The van der Waals surface area contributed by atoms with Crippen LogP contribution in [0.4, 0.5) is 0 Å². The molecule has 0 radical (unpaired) electrons. The highest BCUT2D eigenvalue weighted by molar-refractivity contribution is 5.73. The zero-order valence-electron chi connectivity index (χ0n) is 13.3. The van der Waals surface area contributed by atoms with E-state index in [-0.39, 0.29) is 5.92 Å². The van der Waals surface area contributed by atoms with E-state index in [0.717, 1.165) is 0 Å².